The Labute approximate surface area is 137 Å². The van der Waals surface area contributed by atoms with Crippen LogP contribution in [-0.4, -0.2) is 22.9 Å². The zero-order chi connectivity index (χ0) is 17.0. The summed E-state index contributed by atoms with van der Waals surface area (Å²) in [6.45, 7) is 10.3. The summed E-state index contributed by atoms with van der Waals surface area (Å²) in [6, 6.07) is 9.33. The lowest BCUT2D eigenvalue weighted by atomic mass is 10.1. The molecule has 0 radical (unpaired) electrons. The van der Waals surface area contributed by atoms with Gasteiger partial charge in [0.2, 0.25) is 0 Å². The van der Waals surface area contributed by atoms with Crippen molar-refractivity contribution < 1.29 is 0 Å². The van der Waals surface area contributed by atoms with E-state index in [1.165, 1.54) is 4.68 Å². The van der Waals surface area contributed by atoms with Crippen molar-refractivity contribution >= 4 is 11.4 Å². The number of nitrogens with zero attached hydrogens (tertiary/aromatic N) is 3. The third-order valence-electron chi connectivity index (χ3n) is 3.51. The zero-order valence-corrected chi connectivity index (χ0v) is 14.4. The summed E-state index contributed by atoms with van der Waals surface area (Å²) in [5, 5.41) is 4.33. The highest BCUT2D eigenvalue weighted by atomic mass is 16.1. The second-order valence-corrected chi connectivity index (χ2v) is 6.69. The Kier molecular flexibility index (Phi) is 5.42. The van der Waals surface area contributed by atoms with Crippen LogP contribution in [0, 0.1) is 11.8 Å². The summed E-state index contributed by atoms with van der Waals surface area (Å²) in [6.07, 6.45) is 1.70. The molecular weight excluding hydrogens is 288 g/mol. The topological polar surface area (TPSA) is 64.2 Å². The van der Waals surface area contributed by atoms with E-state index in [0.29, 0.717) is 11.8 Å². The highest BCUT2D eigenvalue weighted by molar-refractivity contribution is 5.65. The van der Waals surface area contributed by atoms with Crippen LogP contribution in [0.15, 0.2) is 41.3 Å². The number of anilines is 2. The second-order valence-electron chi connectivity index (χ2n) is 6.69. The molecule has 5 nitrogen and oxygen atoms in total. The molecule has 0 amide bonds. The van der Waals surface area contributed by atoms with Crippen LogP contribution in [0.25, 0.3) is 5.69 Å². The van der Waals surface area contributed by atoms with Crippen molar-refractivity contribution in [3.05, 3.63) is 46.9 Å². The van der Waals surface area contributed by atoms with Crippen molar-refractivity contribution in [2.75, 3.05) is 23.7 Å². The first-order chi connectivity index (χ1) is 10.9. The van der Waals surface area contributed by atoms with Gasteiger partial charge in [0.05, 0.1) is 17.6 Å². The Morgan fingerprint density at radius 2 is 1.65 bits per heavy atom. The lowest BCUT2D eigenvalue weighted by Gasteiger charge is -2.29. The molecule has 0 saturated heterocycles. The first kappa shape index (κ1) is 17.1. The average molecular weight is 314 g/mol. The number of aromatic nitrogens is 2. The number of benzene rings is 1. The van der Waals surface area contributed by atoms with E-state index in [1.807, 2.05) is 30.3 Å². The van der Waals surface area contributed by atoms with Crippen molar-refractivity contribution in [2.24, 2.45) is 11.8 Å². The van der Waals surface area contributed by atoms with Gasteiger partial charge in [-0.05, 0) is 24.0 Å². The number of rotatable bonds is 6. The van der Waals surface area contributed by atoms with Gasteiger partial charge in [-0.25, -0.2) is 0 Å². The molecule has 1 heterocycles. The molecule has 0 aliphatic carbocycles. The molecule has 0 unspecified atom stereocenters. The molecule has 0 atom stereocenters. The van der Waals surface area contributed by atoms with Crippen molar-refractivity contribution in [3.8, 4) is 5.69 Å². The van der Waals surface area contributed by atoms with Crippen LogP contribution in [0.2, 0.25) is 0 Å². The van der Waals surface area contributed by atoms with Gasteiger partial charge in [0.15, 0.2) is 0 Å². The Morgan fingerprint density at radius 3 is 2.17 bits per heavy atom. The van der Waals surface area contributed by atoms with Gasteiger partial charge in [-0.2, -0.15) is 9.78 Å². The quantitative estimate of drug-likeness (QED) is 0.890. The summed E-state index contributed by atoms with van der Waals surface area (Å²) < 4.78 is 1.35. The van der Waals surface area contributed by atoms with E-state index in [4.69, 9.17) is 5.73 Å². The Hall–Kier alpha value is -2.30. The molecule has 0 aliphatic rings. The maximum Gasteiger partial charge on any atom is 0.296 e. The molecule has 0 aliphatic heterocycles. The number of para-hydroxylation sites is 1. The minimum Gasteiger partial charge on any atom is -0.392 e. The summed E-state index contributed by atoms with van der Waals surface area (Å²) in [7, 11) is 0. The Bertz CT molecular complexity index is 682. The van der Waals surface area contributed by atoms with Crippen LogP contribution in [0.4, 0.5) is 11.4 Å². The van der Waals surface area contributed by atoms with E-state index >= 15 is 0 Å². The normalized spacial score (nSPS) is 11.2. The number of hydrogen-bond acceptors (Lipinski definition) is 4. The molecule has 23 heavy (non-hydrogen) atoms. The van der Waals surface area contributed by atoms with Crippen molar-refractivity contribution in [1.29, 1.82) is 0 Å². The predicted molar refractivity (Wildman–Crippen MR) is 96.1 cm³/mol. The monoisotopic (exact) mass is 314 g/mol. The molecule has 0 spiro atoms. The van der Waals surface area contributed by atoms with Crippen LogP contribution in [0.3, 0.4) is 0 Å². The maximum atomic E-state index is 12.6. The first-order valence-electron chi connectivity index (χ1n) is 8.08. The molecule has 1 aromatic heterocycles. The first-order valence-corrected chi connectivity index (χ1v) is 8.08. The summed E-state index contributed by atoms with van der Waals surface area (Å²) in [5.41, 5.74) is 7.58. The molecule has 2 aromatic rings. The number of nitrogen functional groups attached to an aromatic ring is 1. The highest BCUT2D eigenvalue weighted by Crippen LogP contribution is 2.21. The molecule has 0 bridgehead atoms. The molecule has 5 heteroatoms. The van der Waals surface area contributed by atoms with Gasteiger partial charge < -0.3 is 10.6 Å². The van der Waals surface area contributed by atoms with Crippen LogP contribution in [-0.2, 0) is 0 Å². The molecule has 0 saturated carbocycles. The third kappa shape index (κ3) is 4.12. The van der Waals surface area contributed by atoms with E-state index in [9.17, 15) is 4.79 Å². The van der Waals surface area contributed by atoms with E-state index < -0.39 is 0 Å². The van der Waals surface area contributed by atoms with Gasteiger partial charge in [-0.15, -0.1) is 0 Å². The van der Waals surface area contributed by atoms with Gasteiger partial charge >= 0.3 is 0 Å². The van der Waals surface area contributed by atoms with Crippen LogP contribution < -0.4 is 16.2 Å². The van der Waals surface area contributed by atoms with Crippen LogP contribution >= 0.6 is 0 Å². The second kappa shape index (κ2) is 7.31. The van der Waals surface area contributed by atoms with Gasteiger partial charge in [0.25, 0.3) is 5.56 Å². The fraction of sp³-hybridized carbons (Fsp3) is 0.444. The third-order valence-corrected chi connectivity index (χ3v) is 3.51. The van der Waals surface area contributed by atoms with E-state index in [2.05, 4.69) is 37.7 Å². The van der Waals surface area contributed by atoms with Crippen molar-refractivity contribution in [2.45, 2.75) is 27.7 Å². The molecule has 2 N–H and O–H groups in total. The molecular formula is C18H26N4O. The molecule has 124 valence electrons. The highest BCUT2D eigenvalue weighted by Gasteiger charge is 2.17. The van der Waals surface area contributed by atoms with Gasteiger partial charge in [-0.1, -0.05) is 45.9 Å². The Morgan fingerprint density at radius 1 is 1.09 bits per heavy atom. The summed E-state index contributed by atoms with van der Waals surface area (Å²) in [4.78, 5) is 14.8. The fourth-order valence-corrected chi connectivity index (χ4v) is 2.62. The minimum absolute atomic E-state index is 0.255. The van der Waals surface area contributed by atoms with E-state index in [0.717, 1.165) is 24.5 Å². The largest absolute Gasteiger partial charge is 0.392 e. The number of hydrogen-bond donors (Lipinski definition) is 1. The van der Waals surface area contributed by atoms with Gasteiger partial charge in [0.1, 0.15) is 5.69 Å². The van der Waals surface area contributed by atoms with Crippen molar-refractivity contribution in [1.82, 2.24) is 9.78 Å². The number of nitrogens with two attached hydrogens (primary N) is 1. The summed E-state index contributed by atoms with van der Waals surface area (Å²) in [5.74, 6) is 0.953. The van der Waals surface area contributed by atoms with E-state index in [-0.39, 0.29) is 11.2 Å². The SMILES string of the molecule is CC(C)CN(CC(C)C)c1cnn(-c2ccccc2)c(=O)c1N. The fourth-order valence-electron chi connectivity index (χ4n) is 2.62. The van der Waals surface area contributed by atoms with Crippen LogP contribution in [0.1, 0.15) is 27.7 Å². The maximum absolute atomic E-state index is 12.6. The minimum atomic E-state index is -0.272. The zero-order valence-electron chi connectivity index (χ0n) is 14.4. The van der Waals surface area contributed by atoms with Gasteiger partial charge in [0, 0.05) is 13.1 Å². The van der Waals surface area contributed by atoms with Gasteiger partial charge in [-0.3, -0.25) is 4.79 Å². The standard InChI is InChI=1S/C18H26N4O/c1-13(2)11-21(12-14(3)4)16-10-20-22(18(23)17(16)19)15-8-6-5-7-9-15/h5-10,13-14H,11-12,19H2,1-4H3. The molecule has 2 rings (SSSR count). The van der Waals surface area contributed by atoms with E-state index in [1.54, 1.807) is 6.20 Å². The molecule has 1 aromatic carbocycles. The van der Waals surface area contributed by atoms with Crippen LogP contribution in [0.5, 0.6) is 0 Å². The lowest BCUT2D eigenvalue weighted by Crippen LogP contribution is -2.35. The Balaban J connectivity index is 2.44. The smallest absolute Gasteiger partial charge is 0.296 e. The average Bonchev–Trinajstić information content (AvgIpc) is 2.49. The summed E-state index contributed by atoms with van der Waals surface area (Å²) >= 11 is 0. The predicted octanol–water partition coefficient (Wildman–Crippen LogP) is 2.93. The lowest BCUT2D eigenvalue weighted by molar-refractivity contribution is 0.551. The van der Waals surface area contributed by atoms with Crippen molar-refractivity contribution in [3.63, 3.8) is 0 Å². The molecule has 0 fully saturated rings.